The maximum atomic E-state index is 13.1. The number of halogens is 1. The minimum absolute atomic E-state index is 0.00503. The van der Waals surface area contributed by atoms with Crippen LogP contribution in [-0.2, 0) is 10.0 Å². The summed E-state index contributed by atoms with van der Waals surface area (Å²) in [6.45, 7) is 3.67. The normalized spacial score (nSPS) is 17.1. The van der Waals surface area contributed by atoms with Crippen LogP contribution in [0.2, 0.25) is 5.02 Å². The van der Waals surface area contributed by atoms with E-state index in [9.17, 15) is 18.3 Å². The van der Waals surface area contributed by atoms with Gasteiger partial charge in [-0.15, -0.1) is 0 Å². The Bertz CT molecular complexity index is 1030. The third-order valence-corrected chi connectivity index (χ3v) is 6.52. The van der Waals surface area contributed by atoms with E-state index in [1.165, 1.54) is 37.4 Å². The predicted octanol–water partition coefficient (Wildman–Crippen LogP) is 4.08. The van der Waals surface area contributed by atoms with Crippen LogP contribution in [0.15, 0.2) is 41.3 Å². The molecule has 1 heterocycles. The van der Waals surface area contributed by atoms with E-state index in [1.807, 2.05) is 0 Å². The number of anilines is 2. The third-order valence-electron chi connectivity index (χ3n) is 4.90. The minimum atomic E-state index is -4.07. The van der Waals surface area contributed by atoms with Crippen molar-refractivity contribution < 1.29 is 23.1 Å². The number of ether oxygens (including phenoxy) is 1. The van der Waals surface area contributed by atoms with Gasteiger partial charge < -0.3 is 14.7 Å². The van der Waals surface area contributed by atoms with Gasteiger partial charge in [-0.2, -0.15) is 0 Å². The Morgan fingerprint density at radius 3 is 2.69 bits per heavy atom. The van der Waals surface area contributed by atoms with Crippen molar-refractivity contribution in [3.05, 3.63) is 47.0 Å². The van der Waals surface area contributed by atoms with Gasteiger partial charge in [0.25, 0.3) is 10.0 Å². The summed E-state index contributed by atoms with van der Waals surface area (Å²) in [7, 11) is -2.71. The molecule has 1 unspecified atom stereocenters. The number of aromatic carboxylic acids is 1. The first-order valence-corrected chi connectivity index (χ1v) is 11.1. The summed E-state index contributed by atoms with van der Waals surface area (Å²) < 4.78 is 33.9. The molecule has 0 bridgehead atoms. The van der Waals surface area contributed by atoms with Gasteiger partial charge in [-0.25, -0.2) is 13.2 Å². The van der Waals surface area contributed by atoms with Gasteiger partial charge in [-0.3, -0.25) is 4.72 Å². The summed E-state index contributed by atoms with van der Waals surface area (Å²) in [6, 6.07) is 8.77. The van der Waals surface area contributed by atoms with E-state index in [2.05, 4.69) is 16.5 Å². The summed E-state index contributed by atoms with van der Waals surface area (Å²) in [5, 5.41) is 9.60. The zero-order valence-electron chi connectivity index (χ0n) is 16.2. The fourth-order valence-corrected chi connectivity index (χ4v) is 4.99. The molecule has 7 nitrogen and oxygen atoms in total. The van der Waals surface area contributed by atoms with E-state index in [4.69, 9.17) is 16.3 Å². The molecule has 0 spiro atoms. The summed E-state index contributed by atoms with van der Waals surface area (Å²) in [6.07, 6.45) is 2.08. The van der Waals surface area contributed by atoms with Crippen LogP contribution < -0.4 is 14.4 Å². The zero-order valence-corrected chi connectivity index (χ0v) is 17.8. The lowest BCUT2D eigenvalue weighted by molar-refractivity contribution is 0.0697. The average molecular weight is 439 g/mol. The molecule has 1 fully saturated rings. The van der Waals surface area contributed by atoms with Crippen LogP contribution in [0.5, 0.6) is 5.75 Å². The van der Waals surface area contributed by atoms with Crippen molar-refractivity contribution in [2.45, 2.75) is 24.7 Å². The maximum Gasteiger partial charge on any atom is 0.335 e. The van der Waals surface area contributed by atoms with Crippen molar-refractivity contribution in [3.8, 4) is 5.75 Å². The van der Waals surface area contributed by atoms with E-state index < -0.39 is 16.0 Å². The molecular formula is C20H23ClN2O5S. The minimum Gasteiger partial charge on any atom is -0.495 e. The highest BCUT2D eigenvalue weighted by Crippen LogP contribution is 2.34. The lowest BCUT2D eigenvalue weighted by Gasteiger charge is -2.34. The molecule has 0 saturated carbocycles. The van der Waals surface area contributed by atoms with E-state index >= 15 is 0 Å². The van der Waals surface area contributed by atoms with Crippen LogP contribution in [-0.4, -0.2) is 39.7 Å². The standard InChI is InChI=1S/C20H23ClN2O5S/c1-13-4-3-9-23(12-13)17-7-5-14(20(24)25)10-16(17)22-29(26,27)19-11-15(21)6-8-18(19)28-2/h5-8,10-11,13,22H,3-4,9,12H2,1-2H3,(H,24,25). The van der Waals surface area contributed by atoms with Crippen LogP contribution >= 0.6 is 11.6 Å². The molecular weight excluding hydrogens is 416 g/mol. The first-order chi connectivity index (χ1) is 13.7. The van der Waals surface area contributed by atoms with Crippen LogP contribution in [0, 0.1) is 5.92 Å². The predicted molar refractivity (Wildman–Crippen MR) is 113 cm³/mol. The van der Waals surface area contributed by atoms with E-state index in [0.29, 0.717) is 11.6 Å². The number of benzene rings is 2. The molecule has 0 aliphatic carbocycles. The zero-order chi connectivity index (χ0) is 21.2. The fraction of sp³-hybridized carbons (Fsp3) is 0.350. The number of sulfonamides is 1. The molecule has 9 heteroatoms. The second kappa shape index (κ2) is 8.51. The summed E-state index contributed by atoms with van der Waals surface area (Å²) >= 11 is 5.98. The SMILES string of the molecule is COc1ccc(Cl)cc1S(=O)(=O)Nc1cc(C(=O)O)ccc1N1CCCC(C)C1. The van der Waals surface area contributed by atoms with Crippen molar-refractivity contribution in [3.63, 3.8) is 0 Å². The number of hydrogen-bond acceptors (Lipinski definition) is 5. The van der Waals surface area contributed by atoms with E-state index in [-0.39, 0.29) is 26.9 Å². The highest BCUT2D eigenvalue weighted by atomic mass is 35.5. The Morgan fingerprint density at radius 1 is 1.28 bits per heavy atom. The second-order valence-corrected chi connectivity index (χ2v) is 9.22. The Hall–Kier alpha value is -2.45. The van der Waals surface area contributed by atoms with Gasteiger partial charge in [0.2, 0.25) is 0 Å². The summed E-state index contributed by atoms with van der Waals surface area (Å²) in [5.41, 5.74) is 0.849. The Morgan fingerprint density at radius 2 is 2.03 bits per heavy atom. The van der Waals surface area contributed by atoms with Crippen molar-refractivity contribution in [2.75, 3.05) is 29.8 Å². The lowest BCUT2D eigenvalue weighted by atomic mass is 9.99. The van der Waals surface area contributed by atoms with Crippen LogP contribution in [0.25, 0.3) is 0 Å². The largest absolute Gasteiger partial charge is 0.495 e. The molecule has 0 aromatic heterocycles. The van der Waals surface area contributed by atoms with Crippen molar-refractivity contribution >= 4 is 39.0 Å². The van der Waals surface area contributed by atoms with Gasteiger partial charge >= 0.3 is 5.97 Å². The number of hydrogen-bond donors (Lipinski definition) is 2. The number of methoxy groups -OCH3 is 1. The number of carboxylic acids is 1. The van der Waals surface area contributed by atoms with E-state index in [0.717, 1.165) is 25.9 Å². The molecule has 1 atom stereocenters. The molecule has 2 aromatic carbocycles. The molecule has 3 rings (SSSR count). The van der Waals surface area contributed by atoms with Crippen LogP contribution in [0.1, 0.15) is 30.1 Å². The molecule has 1 aliphatic rings. The lowest BCUT2D eigenvalue weighted by Crippen LogP contribution is -2.35. The smallest absolute Gasteiger partial charge is 0.335 e. The molecule has 1 saturated heterocycles. The molecule has 2 N–H and O–H groups in total. The molecule has 156 valence electrons. The van der Waals surface area contributed by atoms with Crippen molar-refractivity contribution in [2.24, 2.45) is 5.92 Å². The number of nitrogens with zero attached hydrogens (tertiary/aromatic N) is 1. The molecule has 0 radical (unpaired) electrons. The quantitative estimate of drug-likeness (QED) is 0.705. The van der Waals surface area contributed by atoms with Gasteiger partial charge in [0.15, 0.2) is 0 Å². The van der Waals surface area contributed by atoms with Gasteiger partial charge in [0.1, 0.15) is 10.6 Å². The number of piperidine rings is 1. The monoisotopic (exact) mass is 438 g/mol. The third kappa shape index (κ3) is 4.76. The van der Waals surface area contributed by atoms with E-state index in [1.54, 1.807) is 6.07 Å². The Kier molecular flexibility index (Phi) is 6.24. The van der Waals surface area contributed by atoms with Gasteiger partial charge in [-0.05, 0) is 55.2 Å². The fourth-order valence-electron chi connectivity index (χ4n) is 3.50. The average Bonchev–Trinajstić information content (AvgIpc) is 2.67. The van der Waals surface area contributed by atoms with Crippen LogP contribution in [0.3, 0.4) is 0 Å². The Balaban J connectivity index is 2.05. The van der Waals surface area contributed by atoms with Gasteiger partial charge in [-0.1, -0.05) is 18.5 Å². The molecule has 1 aliphatic heterocycles. The maximum absolute atomic E-state index is 13.1. The first-order valence-electron chi connectivity index (χ1n) is 9.20. The highest BCUT2D eigenvalue weighted by Gasteiger charge is 2.25. The second-order valence-electron chi connectivity index (χ2n) is 7.13. The molecule has 0 amide bonds. The Labute approximate surface area is 175 Å². The van der Waals surface area contributed by atoms with Crippen LogP contribution in [0.4, 0.5) is 11.4 Å². The van der Waals surface area contributed by atoms with Crippen molar-refractivity contribution in [1.82, 2.24) is 0 Å². The number of nitrogens with one attached hydrogen (secondary N) is 1. The first kappa shape index (κ1) is 21.3. The summed E-state index contributed by atoms with van der Waals surface area (Å²) in [5.74, 6) is -0.533. The topological polar surface area (TPSA) is 95.9 Å². The van der Waals surface area contributed by atoms with Gasteiger partial charge in [0.05, 0.1) is 24.0 Å². The number of carboxylic acid groups (broad SMARTS) is 1. The number of carbonyl (C=O) groups is 1. The summed E-state index contributed by atoms with van der Waals surface area (Å²) in [4.78, 5) is 13.4. The van der Waals surface area contributed by atoms with Gasteiger partial charge in [0, 0.05) is 18.1 Å². The van der Waals surface area contributed by atoms with Crippen molar-refractivity contribution in [1.29, 1.82) is 0 Å². The number of rotatable bonds is 6. The highest BCUT2D eigenvalue weighted by molar-refractivity contribution is 7.92. The molecule has 29 heavy (non-hydrogen) atoms. The molecule has 2 aromatic rings.